The molecule has 2 aromatic heterocycles. The number of rotatable bonds is 10. The average Bonchev–Trinajstić information content (AvgIpc) is 2.87. The molecule has 6 nitrogen and oxygen atoms in total. The fraction of sp³-hybridized carbons (Fsp3) is 0.630. The van der Waals surface area contributed by atoms with Crippen molar-refractivity contribution in [2.45, 2.75) is 64.0 Å². The molecule has 0 radical (unpaired) electrons. The monoisotopic (exact) mass is 504 g/mol. The first-order valence-corrected chi connectivity index (χ1v) is 13.3. The topological polar surface area (TPSA) is 68.3 Å². The summed E-state index contributed by atoms with van der Waals surface area (Å²) in [7, 11) is 1.74. The van der Waals surface area contributed by atoms with Gasteiger partial charge in [-0.05, 0) is 75.8 Å². The first-order valence-electron chi connectivity index (χ1n) is 12.9. The minimum absolute atomic E-state index is 0.300. The predicted octanol–water partition coefficient (Wildman–Crippen LogP) is 5.50. The molecule has 0 bridgehead atoms. The molecule has 3 heterocycles. The number of hydrogen-bond donors (Lipinski definition) is 2. The van der Waals surface area contributed by atoms with E-state index < -0.39 is 0 Å². The molecule has 192 valence electrons. The van der Waals surface area contributed by atoms with E-state index in [0.717, 1.165) is 82.7 Å². The second-order valence-corrected chi connectivity index (χ2v) is 10.5. The molecule has 1 saturated heterocycles. The fourth-order valence-corrected chi connectivity index (χ4v) is 5.48. The molecule has 35 heavy (non-hydrogen) atoms. The van der Waals surface area contributed by atoms with E-state index in [1.165, 1.54) is 6.20 Å². The van der Waals surface area contributed by atoms with Gasteiger partial charge in [-0.3, -0.25) is 4.98 Å². The molecule has 2 fully saturated rings. The first-order chi connectivity index (χ1) is 17.0. The van der Waals surface area contributed by atoms with Gasteiger partial charge in [0, 0.05) is 55.8 Å². The molecule has 1 aliphatic carbocycles. The predicted molar refractivity (Wildman–Crippen MR) is 138 cm³/mol. The average molecular weight is 505 g/mol. The van der Waals surface area contributed by atoms with Crippen LogP contribution in [0.3, 0.4) is 0 Å². The van der Waals surface area contributed by atoms with Gasteiger partial charge in [-0.2, -0.15) is 0 Å². The summed E-state index contributed by atoms with van der Waals surface area (Å²) in [5, 5.41) is 7.41. The van der Waals surface area contributed by atoms with E-state index in [0.29, 0.717) is 40.2 Å². The summed E-state index contributed by atoms with van der Waals surface area (Å²) in [5.41, 5.74) is 2.82. The lowest BCUT2D eigenvalue weighted by molar-refractivity contribution is 0.0699. The highest BCUT2D eigenvalue weighted by atomic mass is 35.5. The van der Waals surface area contributed by atoms with Crippen LogP contribution in [-0.2, 0) is 15.9 Å². The van der Waals surface area contributed by atoms with Crippen LogP contribution in [0.25, 0.3) is 11.1 Å². The Kier molecular flexibility index (Phi) is 9.72. The zero-order valence-corrected chi connectivity index (χ0v) is 21.6. The van der Waals surface area contributed by atoms with Gasteiger partial charge < -0.3 is 20.1 Å². The number of hydrogen-bond acceptors (Lipinski definition) is 6. The lowest BCUT2D eigenvalue weighted by Crippen LogP contribution is -2.41. The molecule has 0 unspecified atom stereocenters. The first kappa shape index (κ1) is 26.3. The molecule has 2 N–H and O–H groups in total. The van der Waals surface area contributed by atoms with Crippen molar-refractivity contribution in [3.05, 3.63) is 41.2 Å². The zero-order valence-electron chi connectivity index (χ0n) is 20.9. The lowest BCUT2D eigenvalue weighted by Gasteiger charge is -2.31. The second-order valence-electron chi connectivity index (χ2n) is 10.1. The number of nitrogens with one attached hydrogen (secondary N) is 2. The number of pyridine rings is 2. The fourth-order valence-electron chi connectivity index (χ4n) is 5.28. The number of methoxy groups -OCH3 is 1. The smallest absolute Gasteiger partial charge is 0.149 e. The summed E-state index contributed by atoms with van der Waals surface area (Å²) in [6.07, 6.45) is 10.5. The van der Waals surface area contributed by atoms with E-state index in [4.69, 9.17) is 21.1 Å². The van der Waals surface area contributed by atoms with Gasteiger partial charge >= 0.3 is 0 Å². The Hall–Kier alpha value is -1.80. The Morgan fingerprint density at radius 2 is 1.83 bits per heavy atom. The Labute approximate surface area is 213 Å². The highest BCUT2D eigenvalue weighted by Crippen LogP contribution is 2.33. The van der Waals surface area contributed by atoms with Crippen LogP contribution in [-0.4, -0.2) is 55.5 Å². The maximum atomic E-state index is 14.9. The third-order valence-electron chi connectivity index (χ3n) is 7.26. The maximum Gasteiger partial charge on any atom is 0.149 e. The number of halogens is 2. The molecule has 1 aliphatic heterocycles. The van der Waals surface area contributed by atoms with Gasteiger partial charge in [-0.15, -0.1) is 0 Å². The normalized spacial score (nSPS) is 22.2. The summed E-state index contributed by atoms with van der Waals surface area (Å²) in [6, 6.07) is 4.65. The standard InChI is InChI=1S/C27H38ClFN4O2/c1-18(17-34-2)33-21-5-3-19(4-6-21)11-22-12-24(26(29)16-31-22)25-13-23(15-32-27(25)28)30-14-20-7-9-35-10-8-20/h12-13,15-16,18-21,30,33H,3-11,14,17H2,1-2H3/t18-,19?,21?/m1/s1. The summed E-state index contributed by atoms with van der Waals surface area (Å²) in [6.45, 7) is 5.36. The molecule has 0 amide bonds. The molecule has 0 aromatic carbocycles. The van der Waals surface area contributed by atoms with E-state index >= 15 is 0 Å². The van der Waals surface area contributed by atoms with Gasteiger partial charge in [0.1, 0.15) is 11.0 Å². The van der Waals surface area contributed by atoms with Crippen LogP contribution in [0.4, 0.5) is 10.1 Å². The summed E-state index contributed by atoms with van der Waals surface area (Å²) in [5.74, 6) is 0.748. The number of ether oxygens (including phenoxy) is 2. The van der Waals surface area contributed by atoms with Crippen LogP contribution in [0.15, 0.2) is 24.5 Å². The molecular formula is C27H38ClFN4O2. The van der Waals surface area contributed by atoms with Gasteiger partial charge in [0.05, 0.1) is 24.7 Å². The van der Waals surface area contributed by atoms with Crippen molar-refractivity contribution in [2.24, 2.45) is 11.8 Å². The molecule has 1 atom stereocenters. The molecule has 2 aliphatic rings. The van der Waals surface area contributed by atoms with Crippen LogP contribution in [0.1, 0.15) is 51.1 Å². The van der Waals surface area contributed by atoms with Gasteiger partial charge in [-0.25, -0.2) is 9.37 Å². The van der Waals surface area contributed by atoms with Crippen LogP contribution in [0.5, 0.6) is 0 Å². The minimum atomic E-state index is -0.376. The van der Waals surface area contributed by atoms with Crippen molar-refractivity contribution in [1.29, 1.82) is 0 Å². The van der Waals surface area contributed by atoms with Crippen LogP contribution < -0.4 is 10.6 Å². The van der Waals surface area contributed by atoms with Crippen molar-refractivity contribution >= 4 is 17.3 Å². The van der Waals surface area contributed by atoms with Crippen LogP contribution >= 0.6 is 11.6 Å². The largest absolute Gasteiger partial charge is 0.384 e. The maximum absolute atomic E-state index is 14.9. The molecule has 1 saturated carbocycles. The summed E-state index contributed by atoms with van der Waals surface area (Å²) >= 11 is 6.42. The SMILES string of the molecule is COC[C@@H](C)NC1CCC(Cc2cc(-c3cc(NCC4CCOCC4)cnc3Cl)c(F)cn2)CC1. The van der Waals surface area contributed by atoms with Crippen LogP contribution in [0.2, 0.25) is 5.15 Å². The van der Waals surface area contributed by atoms with Crippen molar-refractivity contribution in [2.75, 3.05) is 38.8 Å². The van der Waals surface area contributed by atoms with Crippen molar-refractivity contribution < 1.29 is 13.9 Å². The Morgan fingerprint density at radius 3 is 2.57 bits per heavy atom. The van der Waals surface area contributed by atoms with Crippen molar-refractivity contribution in [3.63, 3.8) is 0 Å². The minimum Gasteiger partial charge on any atom is -0.384 e. The highest BCUT2D eigenvalue weighted by Gasteiger charge is 2.23. The van der Waals surface area contributed by atoms with E-state index in [1.54, 1.807) is 13.3 Å². The Morgan fingerprint density at radius 1 is 1.06 bits per heavy atom. The van der Waals surface area contributed by atoms with E-state index in [1.807, 2.05) is 12.1 Å². The number of nitrogens with zero attached hydrogens (tertiary/aromatic N) is 2. The third-order valence-corrected chi connectivity index (χ3v) is 7.56. The molecule has 0 spiro atoms. The summed E-state index contributed by atoms with van der Waals surface area (Å²) < 4.78 is 25.5. The highest BCUT2D eigenvalue weighted by molar-refractivity contribution is 6.32. The quantitative estimate of drug-likeness (QED) is 0.416. The zero-order chi connectivity index (χ0) is 24.6. The van der Waals surface area contributed by atoms with Crippen molar-refractivity contribution in [3.8, 4) is 11.1 Å². The molecule has 4 rings (SSSR count). The van der Waals surface area contributed by atoms with Gasteiger partial charge in [-0.1, -0.05) is 11.6 Å². The van der Waals surface area contributed by atoms with Crippen LogP contribution in [0, 0.1) is 17.7 Å². The molecular weight excluding hydrogens is 467 g/mol. The molecule has 8 heteroatoms. The molecule has 2 aromatic rings. The van der Waals surface area contributed by atoms with E-state index in [2.05, 4.69) is 27.5 Å². The lowest BCUT2D eigenvalue weighted by atomic mass is 9.83. The van der Waals surface area contributed by atoms with Gasteiger partial charge in [0.2, 0.25) is 0 Å². The number of anilines is 1. The second kappa shape index (κ2) is 12.9. The third kappa shape index (κ3) is 7.59. The Balaban J connectivity index is 1.38. The van der Waals surface area contributed by atoms with Crippen molar-refractivity contribution in [1.82, 2.24) is 15.3 Å². The number of aromatic nitrogens is 2. The van der Waals surface area contributed by atoms with Gasteiger partial charge in [0.25, 0.3) is 0 Å². The van der Waals surface area contributed by atoms with E-state index in [9.17, 15) is 4.39 Å². The van der Waals surface area contributed by atoms with Gasteiger partial charge in [0.15, 0.2) is 0 Å². The van der Waals surface area contributed by atoms with E-state index in [-0.39, 0.29) is 5.82 Å². The summed E-state index contributed by atoms with van der Waals surface area (Å²) in [4.78, 5) is 8.73. The Bertz CT molecular complexity index is 949.